The molecule has 0 fully saturated rings. The van der Waals surface area contributed by atoms with E-state index in [-0.39, 0.29) is 12.2 Å². The molecule has 0 aromatic heterocycles. The molecule has 0 saturated carbocycles. The molecular formula is C12H15ClO4S. The highest BCUT2D eigenvalue weighted by molar-refractivity contribution is 7.84. The van der Waals surface area contributed by atoms with E-state index in [0.29, 0.717) is 10.8 Å². The Balaban J connectivity index is 2.80. The van der Waals surface area contributed by atoms with Crippen molar-refractivity contribution in [2.75, 3.05) is 7.11 Å². The molecule has 0 bridgehead atoms. The number of hydrogen-bond acceptors (Lipinski definition) is 3. The summed E-state index contributed by atoms with van der Waals surface area (Å²) in [4.78, 5) is 10.6. The van der Waals surface area contributed by atoms with Crippen molar-refractivity contribution >= 4 is 28.4 Å². The molecule has 2 atom stereocenters. The van der Waals surface area contributed by atoms with Gasteiger partial charge < -0.3 is 9.84 Å². The van der Waals surface area contributed by atoms with Crippen LogP contribution in [0.4, 0.5) is 0 Å². The second-order valence-corrected chi connectivity index (χ2v) is 6.18. The minimum atomic E-state index is -1.28. The summed E-state index contributed by atoms with van der Waals surface area (Å²) in [6.07, 6.45) is -0.116. The SMILES string of the molecule is COc1ccc(Cl)cc1CS(=O)C(C)CC(=O)O. The van der Waals surface area contributed by atoms with E-state index in [2.05, 4.69) is 0 Å². The summed E-state index contributed by atoms with van der Waals surface area (Å²) >= 11 is 5.87. The highest BCUT2D eigenvalue weighted by atomic mass is 35.5. The third-order valence-corrected chi connectivity index (χ3v) is 4.35. The zero-order valence-corrected chi connectivity index (χ0v) is 11.8. The standard InChI is InChI=1S/C12H15ClO4S/c1-8(5-12(14)15)18(16)7-9-6-10(13)3-4-11(9)17-2/h3-4,6,8H,5,7H2,1-2H3,(H,14,15). The van der Waals surface area contributed by atoms with Crippen LogP contribution in [0.25, 0.3) is 0 Å². The van der Waals surface area contributed by atoms with Gasteiger partial charge in [-0.3, -0.25) is 9.00 Å². The lowest BCUT2D eigenvalue weighted by Crippen LogP contribution is -2.17. The first-order valence-corrected chi connectivity index (χ1v) is 7.11. The van der Waals surface area contributed by atoms with E-state index >= 15 is 0 Å². The Morgan fingerprint density at radius 3 is 2.78 bits per heavy atom. The monoisotopic (exact) mass is 290 g/mol. The van der Waals surface area contributed by atoms with E-state index in [1.165, 1.54) is 7.11 Å². The van der Waals surface area contributed by atoms with Gasteiger partial charge in [-0.25, -0.2) is 0 Å². The molecule has 0 amide bonds. The molecule has 0 radical (unpaired) electrons. The molecule has 0 saturated heterocycles. The lowest BCUT2D eigenvalue weighted by Gasteiger charge is -2.12. The first-order chi connectivity index (χ1) is 8.43. The third kappa shape index (κ3) is 4.31. The van der Waals surface area contributed by atoms with Gasteiger partial charge in [0.25, 0.3) is 0 Å². The summed E-state index contributed by atoms with van der Waals surface area (Å²) in [6, 6.07) is 5.08. The van der Waals surface area contributed by atoms with Crippen LogP contribution in [0, 0.1) is 0 Å². The number of aliphatic carboxylic acids is 1. The molecule has 0 spiro atoms. The number of rotatable bonds is 6. The van der Waals surface area contributed by atoms with Crippen LogP contribution in [0.2, 0.25) is 5.02 Å². The van der Waals surface area contributed by atoms with Gasteiger partial charge in [0, 0.05) is 26.6 Å². The summed E-state index contributed by atoms with van der Waals surface area (Å²) in [7, 11) is 0.248. The van der Waals surface area contributed by atoms with Gasteiger partial charge in [0.1, 0.15) is 5.75 Å². The van der Waals surface area contributed by atoms with Gasteiger partial charge >= 0.3 is 5.97 Å². The van der Waals surface area contributed by atoms with Gasteiger partial charge in [-0.15, -0.1) is 0 Å². The summed E-state index contributed by atoms with van der Waals surface area (Å²) in [6.45, 7) is 1.65. The van der Waals surface area contributed by atoms with Crippen LogP contribution in [-0.2, 0) is 21.3 Å². The third-order valence-electron chi connectivity index (χ3n) is 2.45. The highest BCUT2D eigenvalue weighted by Crippen LogP contribution is 2.24. The first-order valence-electron chi connectivity index (χ1n) is 5.35. The molecule has 18 heavy (non-hydrogen) atoms. The fourth-order valence-electron chi connectivity index (χ4n) is 1.49. The molecule has 1 aromatic carbocycles. The van der Waals surface area contributed by atoms with Crippen molar-refractivity contribution in [3.8, 4) is 5.75 Å². The second-order valence-electron chi connectivity index (χ2n) is 3.89. The zero-order valence-electron chi connectivity index (χ0n) is 10.2. The van der Waals surface area contributed by atoms with Crippen molar-refractivity contribution in [3.05, 3.63) is 28.8 Å². The number of carboxylic acids is 1. The van der Waals surface area contributed by atoms with Crippen LogP contribution in [0.3, 0.4) is 0 Å². The maximum absolute atomic E-state index is 12.0. The molecule has 6 heteroatoms. The minimum absolute atomic E-state index is 0.116. The number of benzene rings is 1. The quantitative estimate of drug-likeness (QED) is 0.874. The molecule has 0 aliphatic carbocycles. The molecule has 1 N–H and O–H groups in total. The summed E-state index contributed by atoms with van der Waals surface area (Å²) in [5.74, 6) is -0.109. The smallest absolute Gasteiger partial charge is 0.304 e. The predicted octanol–water partition coefficient (Wildman–Crippen LogP) is 2.46. The normalized spacial score (nSPS) is 13.9. The van der Waals surface area contributed by atoms with E-state index in [9.17, 15) is 9.00 Å². The summed E-state index contributed by atoms with van der Waals surface area (Å²) in [5.41, 5.74) is 0.723. The van der Waals surface area contributed by atoms with Gasteiger partial charge in [0.05, 0.1) is 19.3 Å². The number of hydrogen-bond donors (Lipinski definition) is 1. The van der Waals surface area contributed by atoms with E-state index in [0.717, 1.165) is 5.56 Å². The Morgan fingerprint density at radius 1 is 1.56 bits per heavy atom. The van der Waals surface area contributed by atoms with Crippen molar-refractivity contribution in [3.63, 3.8) is 0 Å². The largest absolute Gasteiger partial charge is 0.496 e. The number of carbonyl (C=O) groups is 1. The summed E-state index contributed by atoms with van der Waals surface area (Å²) in [5, 5.41) is 8.79. The van der Waals surface area contributed by atoms with Crippen LogP contribution in [-0.4, -0.2) is 27.6 Å². The Kier molecular flexibility index (Phi) is 5.62. The minimum Gasteiger partial charge on any atom is -0.496 e. The van der Waals surface area contributed by atoms with Gasteiger partial charge in [0.15, 0.2) is 0 Å². The molecule has 100 valence electrons. The molecule has 0 aliphatic heterocycles. The van der Waals surface area contributed by atoms with Crippen LogP contribution in [0.15, 0.2) is 18.2 Å². The van der Waals surface area contributed by atoms with E-state index in [1.54, 1.807) is 25.1 Å². The summed E-state index contributed by atoms with van der Waals surface area (Å²) < 4.78 is 17.1. The van der Waals surface area contributed by atoms with Crippen molar-refractivity contribution in [1.29, 1.82) is 0 Å². The van der Waals surface area contributed by atoms with Gasteiger partial charge in [-0.1, -0.05) is 18.5 Å². The Morgan fingerprint density at radius 2 is 2.22 bits per heavy atom. The molecule has 1 aromatic rings. The average molecular weight is 291 g/mol. The molecule has 2 unspecified atom stereocenters. The number of ether oxygens (including phenoxy) is 1. The number of carboxylic acid groups (broad SMARTS) is 1. The Hall–Kier alpha value is -1.07. The molecule has 0 heterocycles. The molecular weight excluding hydrogens is 276 g/mol. The lowest BCUT2D eigenvalue weighted by atomic mass is 10.2. The van der Waals surface area contributed by atoms with Crippen molar-refractivity contribution in [2.45, 2.75) is 24.3 Å². The number of methoxy groups -OCH3 is 1. The van der Waals surface area contributed by atoms with Gasteiger partial charge in [-0.05, 0) is 18.2 Å². The van der Waals surface area contributed by atoms with E-state index in [1.807, 2.05) is 0 Å². The van der Waals surface area contributed by atoms with Crippen LogP contribution in [0.5, 0.6) is 5.75 Å². The van der Waals surface area contributed by atoms with Gasteiger partial charge in [-0.2, -0.15) is 0 Å². The topological polar surface area (TPSA) is 63.6 Å². The van der Waals surface area contributed by atoms with E-state index < -0.39 is 22.0 Å². The van der Waals surface area contributed by atoms with Crippen LogP contribution < -0.4 is 4.74 Å². The van der Waals surface area contributed by atoms with Crippen LogP contribution in [0.1, 0.15) is 18.9 Å². The molecule has 1 rings (SSSR count). The fraction of sp³-hybridized carbons (Fsp3) is 0.417. The zero-order chi connectivity index (χ0) is 13.7. The Bertz CT molecular complexity index is 461. The molecule has 0 aliphatic rings. The highest BCUT2D eigenvalue weighted by Gasteiger charge is 2.17. The maximum Gasteiger partial charge on any atom is 0.304 e. The first kappa shape index (κ1) is 15.0. The van der Waals surface area contributed by atoms with Crippen molar-refractivity contribution in [2.24, 2.45) is 0 Å². The van der Waals surface area contributed by atoms with E-state index in [4.69, 9.17) is 21.4 Å². The predicted molar refractivity (Wildman–Crippen MR) is 71.6 cm³/mol. The second kappa shape index (κ2) is 6.75. The van der Waals surface area contributed by atoms with Crippen molar-refractivity contribution in [1.82, 2.24) is 0 Å². The molecule has 4 nitrogen and oxygen atoms in total. The lowest BCUT2D eigenvalue weighted by molar-refractivity contribution is -0.136. The maximum atomic E-state index is 12.0. The average Bonchev–Trinajstić information content (AvgIpc) is 2.28. The van der Waals surface area contributed by atoms with Crippen LogP contribution >= 0.6 is 11.6 Å². The number of halogens is 1. The van der Waals surface area contributed by atoms with Gasteiger partial charge in [0.2, 0.25) is 0 Å². The fourth-order valence-corrected chi connectivity index (χ4v) is 2.83. The van der Waals surface area contributed by atoms with Crippen molar-refractivity contribution < 1.29 is 18.8 Å². The Labute approximate surface area is 113 Å².